The maximum atomic E-state index is 11.8. The maximum absolute atomic E-state index is 11.8. The molecule has 0 spiro atoms. The van der Waals surface area contributed by atoms with E-state index in [-0.39, 0.29) is 24.3 Å². The van der Waals surface area contributed by atoms with Crippen molar-refractivity contribution in [1.82, 2.24) is 15.5 Å². The summed E-state index contributed by atoms with van der Waals surface area (Å²) in [6.45, 7) is 4.82. The molecular weight excluding hydrogens is 298 g/mol. The van der Waals surface area contributed by atoms with Gasteiger partial charge in [-0.1, -0.05) is 5.16 Å². The van der Waals surface area contributed by atoms with Crippen LogP contribution in [0.2, 0.25) is 0 Å². The molecular formula is C16H21N3O4. The van der Waals surface area contributed by atoms with Crippen molar-refractivity contribution in [2.24, 2.45) is 0 Å². The molecule has 7 nitrogen and oxygen atoms in total. The minimum Gasteiger partial charge on any atom is -0.497 e. The molecule has 23 heavy (non-hydrogen) atoms. The fraction of sp³-hybridized carbons (Fsp3) is 0.438. The number of rotatable bonds is 8. The minimum absolute atomic E-state index is 0.0465. The first-order valence-electron chi connectivity index (χ1n) is 7.44. The van der Waals surface area contributed by atoms with E-state index < -0.39 is 0 Å². The second-order valence-electron chi connectivity index (χ2n) is 5.19. The van der Waals surface area contributed by atoms with Crippen molar-refractivity contribution in [3.8, 4) is 17.1 Å². The van der Waals surface area contributed by atoms with Crippen molar-refractivity contribution in [1.29, 1.82) is 0 Å². The molecule has 0 aliphatic carbocycles. The van der Waals surface area contributed by atoms with E-state index in [2.05, 4.69) is 15.5 Å². The van der Waals surface area contributed by atoms with E-state index in [0.717, 1.165) is 11.3 Å². The summed E-state index contributed by atoms with van der Waals surface area (Å²) in [5.41, 5.74) is 0.798. The Bertz CT molecular complexity index is 623. The molecule has 1 heterocycles. The van der Waals surface area contributed by atoms with Gasteiger partial charge in [0.1, 0.15) is 12.2 Å². The number of hydrogen-bond donors (Lipinski definition) is 1. The van der Waals surface area contributed by atoms with Crippen LogP contribution in [0.3, 0.4) is 0 Å². The number of amides is 1. The van der Waals surface area contributed by atoms with Crippen LogP contribution in [0, 0.1) is 0 Å². The van der Waals surface area contributed by atoms with E-state index in [0.29, 0.717) is 19.0 Å². The van der Waals surface area contributed by atoms with Gasteiger partial charge in [0, 0.05) is 12.1 Å². The summed E-state index contributed by atoms with van der Waals surface area (Å²) < 4.78 is 15.6. The van der Waals surface area contributed by atoms with Gasteiger partial charge in [-0.25, -0.2) is 0 Å². The lowest BCUT2D eigenvalue weighted by atomic mass is 10.2. The number of hydrogen-bond acceptors (Lipinski definition) is 6. The van der Waals surface area contributed by atoms with Gasteiger partial charge in [0.25, 0.3) is 0 Å². The summed E-state index contributed by atoms with van der Waals surface area (Å²) in [4.78, 5) is 16.0. The zero-order valence-electron chi connectivity index (χ0n) is 13.5. The lowest BCUT2D eigenvalue weighted by molar-refractivity contribution is -0.121. The first-order chi connectivity index (χ1) is 11.1. The molecule has 0 radical (unpaired) electrons. The number of ether oxygens (including phenoxy) is 2. The van der Waals surface area contributed by atoms with E-state index in [1.54, 1.807) is 7.11 Å². The van der Waals surface area contributed by atoms with Crippen LogP contribution < -0.4 is 10.1 Å². The summed E-state index contributed by atoms with van der Waals surface area (Å²) in [6.07, 6.45) is 0.195. The Hall–Kier alpha value is -2.41. The summed E-state index contributed by atoms with van der Waals surface area (Å²) in [6, 6.07) is 7.28. The van der Waals surface area contributed by atoms with Crippen LogP contribution in [0.4, 0.5) is 0 Å². The second kappa shape index (κ2) is 8.28. The molecule has 0 aliphatic rings. The van der Waals surface area contributed by atoms with Crippen LogP contribution >= 0.6 is 0 Å². The molecule has 1 aromatic heterocycles. The van der Waals surface area contributed by atoms with Gasteiger partial charge in [0.2, 0.25) is 17.6 Å². The van der Waals surface area contributed by atoms with Crippen LogP contribution in [-0.4, -0.2) is 42.4 Å². The third-order valence-electron chi connectivity index (χ3n) is 3.00. The maximum Gasteiger partial charge on any atom is 0.236 e. The van der Waals surface area contributed by atoms with E-state index in [1.165, 1.54) is 0 Å². The average molecular weight is 319 g/mol. The standard InChI is InChI=1S/C16H21N3O4/c1-11(2)22-9-8-17-14(20)10-15-18-16(19-23-15)12-4-6-13(21-3)7-5-12/h4-7,11H,8-10H2,1-3H3,(H,17,20). The largest absolute Gasteiger partial charge is 0.497 e. The molecule has 0 bridgehead atoms. The number of nitrogens with zero attached hydrogens (tertiary/aromatic N) is 2. The first kappa shape index (κ1) is 17.0. The van der Waals surface area contributed by atoms with E-state index in [4.69, 9.17) is 14.0 Å². The van der Waals surface area contributed by atoms with Crippen molar-refractivity contribution >= 4 is 5.91 Å². The number of carbonyl (C=O) groups excluding carboxylic acids is 1. The van der Waals surface area contributed by atoms with Gasteiger partial charge in [0.05, 0.1) is 19.8 Å². The molecule has 7 heteroatoms. The number of carbonyl (C=O) groups is 1. The van der Waals surface area contributed by atoms with Crippen molar-refractivity contribution < 1.29 is 18.8 Å². The van der Waals surface area contributed by atoms with Gasteiger partial charge in [-0.3, -0.25) is 4.79 Å². The fourth-order valence-corrected chi connectivity index (χ4v) is 1.87. The SMILES string of the molecule is COc1ccc(-c2noc(CC(=O)NCCOC(C)C)n2)cc1. The van der Waals surface area contributed by atoms with E-state index >= 15 is 0 Å². The number of aromatic nitrogens is 2. The summed E-state index contributed by atoms with van der Waals surface area (Å²) in [5.74, 6) is 1.29. The molecule has 0 saturated carbocycles. The molecule has 0 aliphatic heterocycles. The lowest BCUT2D eigenvalue weighted by Crippen LogP contribution is -2.29. The zero-order valence-corrected chi connectivity index (χ0v) is 13.5. The van der Waals surface area contributed by atoms with Crippen LogP contribution in [0.1, 0.15) is 19.7 Å². The topological polar surface area (TPSA) is 86.5 Å². The predicted octanol–water partition coefficient (Wildman–Crippen LogP) is 1.83. The molecule has 2 aromatic rings. The Morgan fingerprint density at radius 3 is 2.70 bits per heavy atom. The van der Waals surface area contributed by atoms with Gasteiger partial charge >= 0.3 is 0 Å². The molecule has 124 valence electrons. The molecule has 0 unspecified atom stereocenters. The summed E-state index contributed by atoms with van der Waals surface area (Å²) in [5, 5.41) is 6.63. The van der Waals surface area contributed by atoms with Gasteiger partial charge in [0.15, 0.2) is 0 Å². The first-order valence-corrected chi connectivity index (χ1v) is 7.44. The Morgan fingerprint density at radius 2 is 2.04 bits per heavy atom. The zero-order chi connectivity index (χ0) is 16.7. The Morgan fingerprint density at radius 1 is 1.30 bits per heavy atom. The molecule has 0 atom stereocenters. The second-order valence-corrected chi connectivity index (χ2v) is 5.19. The highest BCUT2D eigenvalue weighted by atomic mass is 16.5. The van der Waals surface area contributed by atoms with Gasteiger partial charge in [-0.15, -0.1) is 0 Å². The fourth-order valence-electron chi connectivity index (χ4n) is 1.87. The van der Waals surface area contributed by atoms with Crippen LogP contribution in [-0.2, 0) is 16.0 Å². The average Bonchev–Trinajstić information content (AvgIpc) is 3.00. The molecule has 0 fully saturated rings. The predicted molar refractivity (Wildman–Crippen MR) is 84.1 cm³/mol. The molecule has 2 rings (SSSR count). The van der Waals surface area contributed by atoms with Crippen molar-refractivity contribution in [3.05, 3.63) is 30.2 Å². The van der Waals surface area contributed by atoms with E-state index in [1.807, 2.05) is 38.1 Å². The van der Waals surface area contributed by atoms with Crippen molar-refractivity contribution in [2.75, 3.05) is 20.3 Å². The number of nitrogens with one attached hydrogen (secondary N) is 1. The third kappa shape index (κ3) is 5.37. The van der Waals surface area contributed by atoms with Gasteiger partial charge in [-0.2, -0.15) is 4.98 Å². The highest BCUT2D eigenvalue weighted by Crippen LogP contribution is 2.19. The Kier molecular flexibility index (Phi) is 6.10. The molecule has 1 amide bonds. The van der Waals surface area contributed by atoms with Crippen LogP contribution in [0.25, 0.3) is 11.4 Å². The third-order valence-corrected chi connectivity index (χ3v) is 3.00. The highest BCUT2D eigenvalue weighted by Gasteiger charge is 2.12. The lowest BCUT2D eigenvalue weighted by Gasteiger charge is -2.07. The quantitative estimate of drug-likeness (QED) is 0.747. The van der Waals surface area contributed by atoms with E-state index in [9.17, 15) is 4.79 Å². The molecule has 0 saturated heterocycles. The Labute approximate surface area is 135 Å². The molecule has 1 aromatic carbocycles. The van der Waals surface area contributed by atoms with Crippen molar-refractivity contribution in [3.63, 3.8) is 0 Å². The molecule has 1 N–H and O–H groups in total. The number of benzene rings is 1. The minimum atomic E-state index is -0.178. The van der Waals surface area contributed by atoms with Gasteiger partial charge < -0.3 is 19.3 Å². The normalized spacial score (nSPS) is 10.8. The smallest absolute Gasteiger partial charge is 0.236 e. The van der Waals surface area contributed by atoms with Gasteiger partial charge in [-0.05, 0) is 38.1 Å². The van der Waals surface area contributed by atoms with Crippen molar-refractivity contribution in [2.45, 2.75) is 26.4 Å². The highest BCUT2D eigenvalue weighted by molar-refractivity contribution is 5.77. The van der Waals surface area contributed by atoms with Crippen LogP contribution in [0.15, 0.2) is 28.8 Å². The summed E-state index contributed by atoms with van der Waals surface area (Å²) >= 11 is 0. The van der Waals surface area contributed by atoms with Crippen LogP contribution in [0.5, 0.6) is 5.75 Å². The number of methoxy groups -OCH3 is 1. The Balaban J connectivity index is 1.85. The monoisotopic (exact) mass is 319 g/mol. The summed E-state index contributed by atoms with van der Waals surface area (Å²) in [7, 11) is 1.60.